The number of anilines is 2. The van der Waals surface area contributed by atoms with Gasteiger partial charge in [-0.2, -0.15) is 9.61 Å². The molecule has 7 heteroatoms. The highest BCUT2D eigenvalue weighted by Gasteiger charge is 2.12. The van der Waals surface area contributed by atoms with Crippen molar-refractivity contribution in [2.45, 2.75) is 31.1 Å². The van der Waals surface area contributed by atoms with E-state index in [1.807, 2.05) is 53.0 Å². The summed E-state index contributed by atoms with van der Waals surface area (Å²) in [6.07, 6.45) is 3.16. The number of benzene rings is 2. The fourth-order valence-electron chi connectivity index (χ4n) is 3.36. The molecule has 1 atom stereocenters. The summed E-state index contributed by atoms with van der Waals surface area (Å²) in [5.74, 6) is 0.841. The first-order valence-corrected chi connectivity index (χ1v) is 11.6. The van der Waals surface area contributed by atoms with Crippen LogP contribution < -0.4 is 5.32 Å². The van der Waals surface area contributed by atoms with Gasteiger partial charge in [0.2, 0.25) is 0 Å². The van der Waals surface area contributed by atoms with Crippen LogP contribution in [0.15, 0.2) is 71.6 Å². The van der Waals surface area contributed by atoms with Crippen LogP contribution in [0.2, 0.25) is 0 Å². The number of aromatic nitrogens is 3. The number of nitrogens with zero attached hydrogens (tertiary/aromatic N) is 4. The van der Waals surface area contributed by atoms with Crippen molar-refractivity contribution in [3.8, 4) is 11.3 Å². The van der Waals surface area contributed by atoms with E-state index in [-0.39, 0.29) is 0 Å². The van der Waals surface area contributed by atoms with Gasteiger partial charge in [-0.25, -0.2) is 13.5 Å². The molecule has 0 saturated heterocycles. The molecule has 0 saturated carbocycles. The second-order valence-corrected chi connectivity index (χ2v) is 9.31. The summed E-state index contributed by atoms with van der Waals surface area (Å²) < 4.78 is 15.8. The molecule has 2 aromatic carbocycles. The first-order chi connectivity index (χ1) is 15.0. The highest BCUT2D eigenvalue weighted by Crippen LogP contribution is 2.26. The molecular weight excluding hydrogens is 406 g/mol. The summed E-state index contributed by atoms with van der Waals surface area (Å²) in [6.45, 7) is 2.18. The molecule has 0 amide bonds. The van der Waals surface area contributed by atoms with Crippen LogP contribution >= 0.6 is 0 Å². The largest absolute Gasteiger partial charge is 0.340 e. The van der Waals surface area contributed by atoms with Crippen LogP contribution in [0.5, 0.6) is 0 Å². The zero-order valence-electron chi connectivity index (χ0n) is 18.1. The minimum atomic E-state index is -1.16. The third-order valence-corrected chi connectivity index (χ3v) is 6.33. The van der Waals surface area contributed by atoms with E-state index >= 15 is 0 Å². The van der Waals surface area contributed by atoms with Crippen LogP contribution in [-0.4, -0.2) is 37.2 Å². The minimum absolute atomic E-state index is 0.765. The molecular formula is C24H27N5OS. The van der Waals surface area contributed by atoms with Crippen molar-refractivity contribution in [1.29, 1.82) is 0 Å². The zero-order valence-corrected chi connectivity index (χ0v) is 18.9. The molecule has 1 unspecified atom stereocenters. The average molecular weight is 434 g/mol. The molecule has 4 aromatic rings. The number of rotatable bonds is 8. The van der Waals surface area contributed by atoms with Gasteiger partial charge in [0, 0.05) is 23.4 Å². The fourth-order valence-corrected chi connectivity index (χ4v) is 4.15. The van der Waals surface area contributed by atoms with Crippen molar-refractivity contribution in [2.75, 3.05) is 19.4 Å². The van der Waals surface area contributed by atoms with Gasteiger partial charge in [0.1, 0.15) is 16.8 Å². The molecule has 6 nitrogen and oxygen atoms in total. The van der Waals surface area contributed by atoms with Gasteiger partial charge in [-0.1, -0.05) is 43.7 Å². The Kier molecular flexibility index (Phi) is 6.44. The second kappa shape index (κ2) is 9.41. The Morgan fingerprint density at radius 1 is 1.03 bits per heavy atom. The normalized spacial score (nSPS) is 12.4. The van der Waals surface area contributed by atoms with Crippen LogP contribution in [0.25, 0.3) is 16.9 Å². The molecule has 0 spiro atoms. The predicted octanol–water partition coefficient (Wildman–Crippen LogP) is 5.07. The molecule has 160 valence electrons. The standard InChI is InChI=1S/C24H27N5OS/c1-4-5-11-20-16-23-26-22(18-9-7-6-8-10-18)17-24(29(23)27-20)25-19-12-14-21(15-13-19)31(30)28(2)3/h6-10,12-17,25H,4-5,11H2,1-3H3. The number of unbranched alkanes of at least 4 members (excludes halogenated alkanes) is 1. The third-order valence-electron chi connectivity index (χ3n) is 4.99. The molecule has 2 aromatic heterocycles. The number of hydrogen-bond donors (Lipinski definition) is 1. The van der Waals surface area contributed by atoms with Crippen LogP contribution in [0.4, 0.5) is 11.5 Å². The van der Waals surface area contributed by atoms with Crippen molar-refractivity contribution in [1.82, 2.24) is 18.9 Å². The Hall–Kier alpha value is -3.03. The van der Waals surface area contributed by atoms with Gasteiger partial charge in [-0.15, -0.1) is 0 Å². The average Bonchev–Trinajstić information content (AvgIpc) is 3.21. The van der Waals surface area contributed by atoms with Gasteiger partial charge in [0.15, 0.2) is 5.65 Å². The molecule has 31 heavy (non-hydrogen) atoms. The van der Waals surface area contributed by atoms with Crippen molar-refractivity contribution < 1.29 is 4.21 Å². The van der Waals surface area contributed by atoms with E-state index in [0.29, 0.717) is 0 Å². The Labute approximate surface area is 185 Å². The van der Waals surface area contributed by atoms with Gasteiger partial charge < -0.3 is 5.32 Å². The first-order valence-electron chi connectivity index (χ1n) is 10.5. The lowest BCUT2D eigenvalue weighted by Crippen LogP contribution is -2.15. The van der Waals surface area contributed by atoms with Crippen molar-refractivity contribution in [3.05, 3.63) is 72.4 Å². The lowest BCUT2D eigenvalue weighted by Gasteiger charge is -2.12. The molecule has 2 heterocycles. The predicted molar refractivity (Wildman–Crippen MR) is 127 cm³/mol. The van der Waals surface area contributed by atoms with Gasteiger partial charge in [-0.3, -0.25) is 0 Å². The Morgan fingerprint density at radius 3 is 2.45 bits per heavy atom. The van der Waals surface area contributed by atoms with Gasteiger partial charge >= 0.3 is 0 Å². The lowest BCUT2D eigenvalue weighted by molar-refractivity contribution is 0.603. The second-order valence-electron chi connectivity index (χ2n) is 7.61. The monoisotopic (exact) mass is 433 g/mol. The summed E-state index contributed by atoms with van der Waals surface area (Å²) in [7, 11) is 2.44. The first kappa shape index (κ1) is 21.2. The van der Waals surface area contributed by atoms with Crippen LogP contribution in [0.1, 0.15) is 25.5 Å². The van der Waals surface area contributed by atoms with E-state index < -0.39 is 11.0 Å². The Bertz CT molecular complexity index is 1190. The minimum Gasteiger partial charge on any atom is -0.340 e. The van der Waals surface area contributed by atoms with E-state index in [0.717, 1.165) is 58.3 Å². The van der Waals surface area contributed by atoms with Crippen LogP contribution in [-0.2, 0) is 17.4 Å². The van der Waals surface area contributed by atoms with Crippen molar-refractivity contribution in [3.63, 3.8) is 0 Å². The van der Waals surface area contributed by atoms with E-state index in [1.54, 1.807) is 18.4 Å². The molecule has 0 bridgehead atoms. The van der Waals surface area contributed by atoms with Gasteiger partial charge in [0.25, 0.3) is 0 Å². The maximum Gasteiger partial charge on any atom is 0.158 e. The molecule has 1 N–H and O–H groups in total. The number of hydrogen-bond acceptors (Lipinski definition) is 4. The van der Waals surface area contributed by atoms with Crippen molar-refractivity contribution >= 4 is 28.1 Å². The zero-order chi connectivity index (χ0) is 21.8. The smallest absolute Gasteiger partial charge is 0.158 e. The molecule has 0 aliphatic rings. The maximum absolute atomic E-state index is 12.3. The Balaban J connectivity index is 1.72. The van der Waals surface area contributed by atoms with E-state index in [1.165, 1.54) is 0 Å². The van der Waals surface area contributed by atoms with Gasteiger partial charge in [-0.05, 0) is 51.2 Å². The van der Waals surface area contributed by atoms with Crippen LogP contribution in [0.3, 0.4) is 0 Å². The number of nitrogens with one attached hydrogen (secondary N) is 1. The Morgan fingerprint density at radius 2 is 1.77 bits per heavy atom. The summed E-state index contributed by atoms with van der Waals surface area (Å²) >= 11 is 0. The number of aryl methyl sites for hydroxylation is 1. The molecule has 4 rings (SSSR count). The van der Waals surface area contributed by atoms with E-state index in [2.05, 4.69) is 30.4 Å². The molecule has 0 aliphatic heterocycles. The van der Waals surface area contributed by atoms with Crippen LogP contribution in [0, 0.1) is 0 Å². The van der Waals surface area contributed by atoms with Gasteiger partial charge in [0.05, 0.1) is 16.3 Å². The third kappa shape index (κ3) is 4.84. The molecule has 0 radical (unpaired) electrons. The topological polar surface area (TPSA) is 62.5 Å². The SMILES string of the molecule is CCCCc1cc2nc(-c3ccccc3)cc(Nc3ccc(S(=O)N(C)C)cc3)n2n1. The highest BCUT2D eigenvalue weighted by molar-refractivity contribution is 7.82. The summed E-state index contributed by atoms with van der Waals surface area (Å²) in [6, 6.07) is 21.9. The lowest BCUT2D eigenvalue weighted by atomic mass is 10.1. The summed E-state index contributed by atoms with van der Waals surface area (Å²) in [5.41, 5.74) is 4.71. The molecule has 0 aliphatic carbocycles. The van der Waals surface area contributed by atoms with E-state index in [4.69, 9.17) is 10.1 Å². The summed E-state index contributed by atoms with van der Waals surface area (Å²) in [5, 5.41) is 8.26. The maximum atomic E-state index is 12.3. The number of fused-ring (bicyclic) bond motifs is 1. The summed E-state index contributed by atoms with van der Waals surface area (Å²) in [4.78, 5) is 5.61. The van der Waals surface area contributed by atoms with Crippen molar-refractivity contribution in [2.24, 2.45) is 0 Å². The van der Waals surface area contributed by atoms with E-state index in [9.17, 15) is 4.21 Å². The fraction of sp³-hybridized carbons (Fsp3) is 0.250. The highest BCUT2D eigenvalue weighted by atomic mass is 32.2. The quantitative estimate of drug-likeness (QED) is 0.422. The molecule has 0 fully saturated rings.